The maximum atomic E-state index is 4.91. The Hall–Kier alpha value is -2.39. The molecule has 138 valence electrons. The van der Waals surface area contributed by atoms with Gasteiger partial charge in [0.2, 0.25) is 0 Å². The monoisotopic (exact) mass is 373 g/mol. The standard InChI is InChI=1S/C17H23N7OS/c1-2-18-16(19-11-15-13-24-8-10-26-17(24)20-15)23-6-4-22(5-7-23)12-14-3-9-25-21-14/h3,8-10,13H,2,4-7,11-12H2,1H3,(H,18,19). The fourth-order valence-corrected chi connectivity index (χ4v) is 3.82. The quantitative estimate of drug-likeness (QED) is 0.542. The molecule has 0 atom stereocenters. The van der Waals surface area contributed by atoms with E-state index in [1.807, 2.05) is 22.0 Å². The summed E-state index contributed by atoms with van der Waals surface area (Å²) in [4.78, 5) is 15.1. The molecular formula is C17H23N7OS. The van der Waals surface area contributed by atoms with Gasteiger partial charge in [-0.3, -0.25) is 9.30 Å². The molecule has 0 radical (unpaired) electrons. The van der Waals surface area contributed by atoms with Crippen molar-refractivity contribution in [3.8, 4) is 0 Å². The number of hydrogen-bond donors (Lipinski definition) is 1. The molecule has 0 bridgehead atoms. The van der Waals surface area contributed by atoms with Crippen molar-refractivity contribution in [1.29, 1.82) is 0 Å². The van der Waals surface area contributed by atoms with E-state index < -0.39 is 0 Å². The summed E-state index contributed by atoms with van der Waals surface area (Å²) in [7, 11) is 0. The van der Waals surface area contributed by atoms with Crippen molar-refractivity contribution in [3.05, 3.63) is 41.5 Å². The topological polar surface area (TPSA) is 74.2 Å². The molecule has 0 unspecified atom stereocenters. The second-order valence-electron chi connectivity index (χ2n) is 6.25. The maximum Gasteiger partial charge on any atom is 0.194 e. The first kappa shape index (κ1) is 17.0. The predicted molar refractivity (Wildman–Crippen MR) is 101 cm³/mol. The molecule has 8 nitrogen and oxygen atoms in total. The molecular weight excluding hydrogens is 350 g/mol. The Balaban J connectivity index is 1.36. The molecule has 9 heteroatoms. The van der Waals surface area contributed by atoms with Crippen molar-refractivity contribution < 1.29 is 4.52 Å². The van der Waals surface area contributed by atoms with E-state index >= 15 is 0 Å². The number of piperazine rings is 1. The van der Waals surface area contributed by atoms with Gasteiger partial charge in [0.1, 0.15) is 6.26 Å². The zero-order chi connectivity index (χ0) is 17.8. The summed E-state index contributed by atoms with van der Waals surface area (Å²) in [6.45, 7) is 8.25. The van der Waals surface area contributed by atoms with Crippen molar-refractivity contribution in [2.75, 3.05) is 32.7 Å². The molecule has 1 aliphatic heterocycles. The Morgan fingerprint density at radius 1 is 1.31 bits per heavy atom. The van der Waals surface area contributed by atoms with Crippen LogP contribution in [0.2, 0.25) is 0 Å². The SMILES string of the molecule is CCNC(=NCc1cn2ccsc2n1)N1CCN(Cc2ccon2)CC1. The van der Waals surface area contributed by atoms with Crippen molar-refractivity contribution >= 4 is 22.3 Å². The molecule has 4 rings (SSSR count). The number of aliphatic imine (C=N–C) groups is 1. The minimum atomic E-state index is 0.593. The summed E-state index contributed by atoms with van der Waals surface area (Å²) in [6, 6.07) is 1.92. The minimum absolute atomic E-state index is 0.593. The molecule has 26 heavy (non-hydrogen) atoms. The average molecular weight is 373 g/mol. The number of thiazole rings is 1. The number of hydrogen-bond acceptors (Lipinski definition) is 6. The van der Waals surface area contributed by atoms with Gasteiger partial charge in [0.25, 0.3) is 0 Å². The largest absolute Gasteiger partial charge is 0.364 e. The Morgan fingerprint density at radius 2 is 2.19 bits per heavy atom. The first-order chi connectivity index (χ1) is 12.8. The first-order valence-electron chi connectivity index (χ1n) is 8.88. The number of nitrogens with zero attached hydrogens (tertiary/aromatic N) is 6. The fourth-order valence-electron chi connectivity index (χ4n) is 3.10. The lowest BCUT2D eigenvalue weighted by Gasteiger charge is -2.36. The Kier molecular flexibility index (Phi) is 5.16. The smallest absolute Gasteiger partial charge is 0.194 e. The van der Waals surface area contributed by atoms with Crippen LogP contribution < -0.4 is 5.32 Å². The van der Waals surface area contributed by atoms with Crippen LogP contribution in [0.15, 0.2) is 39.6 Å². The second-order valence-corrected chi connectivity index (χ2v) is 7.12. The van der Waals surface area contributed by atoms with E-state index in [-0.39, 0.29) is 0 Å². The molecule has 3 aromatic rings. The van der Waals surface area contributed by atoms with Gasteiger partial charge in [-0.15, -0.1) is 11.3 Å². The van der Waals surface area contributed by atoms with Gasteiger partial charge in [0.15, 0.2) is 10.9 Å². The highest BCUT2D eigenvalue weighted by Crippen LogP contribution is 2.12. The number of aromatic nitrogens is 3. The van der Waals surface area contributed by atoms with E-state index in [0.717, 1.165) is 61.6 Å². The van der Waals surface area contributed by atoms with Crippen molar-refractivity contribution in [2.45, 2.75) is 20.0 Å². The van der Waals surface area contributed by atoms with Gasteiger partial charge in [-0.2, -0.15) is 0 Å². The van der Waals surface area contributed by atoms with Crippen LogP contribution in [0.5, 0.6) is 0 Å². The van der Waals surface area contributed by atoms with Crippen LogP contribution in [0.3, 0.4) is 0 Å². The van der Waals surface area contributed by atoms with Crippen molar-refractivity contribution in [3.63, 3.8) is 0 Å². The van der Waals surface area contributed by atoms with Crippen LogP contribution in [-0.2, 0) is 13.1 Å². The molecule has 1 fully saturated rings. The number of imidazole rings is 1. The third-order valence-corrected chi connectivity index (χ3v) is 5.19. The minimum Gasteiger partial charge on any atom is -0.364 e. The zero-order valence-electron chi connectivity index (χ0n) is 14.8. The van der Waals surface area contributed by atoms with Gasteiger partial charge in [-0.25, -0.2) is 9.98 Å². The highest BCUT2D eigenvalue weighted by Gasteiger charge is 2.20. The molecule has 0 amide bonds. The van der Waals surface area contributed by atoms with Crippen LogP contribution in [0, 0.1) is 0 Å². The molecule has 0 spiro atoms. The van der Waals surface area contributed by atoms with Crippen LogP contribution in [-0.4, -0.2) is 63.0 Å². The maximum absolute atomic E-state index is 4.91. The first-order valence-corrected chi connectivity index (χ1v) is 9.75. The molecule has 3 aromatic heterocycles. The summed E-state index contributed by atoms with van der Waals surface area (Å²) in [5, 5.41) is 9.44. The lowest BCUT2D eigenvalue weighted by Crippen LogP contribution is -2.52. The number of rotatable bonds is 5. The third-order valence-electron chi connectivity index (χ3n) is 4.42. The van der Waals surface area contributed by atoms with Crippen LogP contribution in [0.4, 0.5) is 0 Å². The van der Waals surface area contributed by atoms with Gasteiger partial charge >= 0.3 is 0 Å². The molecule has 1 aliphatic rings. The highest BCUT2D eigenvalue weighted by atomic mass is 32.1. The second kappa shape index (κ2) is 7.88. The highest BCUT2D eigenvalue weighted by molar-refractivity contribution is 7.15. The Morgan fingerprint density at radius 3 is 2.92 bits per heavy atom. The zero-order valence-corrected chi connectivity index (χ0v) is 15.7. The summed E-state index contributed by atoms with van der Waals surface area (Å²) in [5.74, 6) is 0.963. The summed E-state index contributed by atoms with van der Waals surface area (Å²) < 4.78 is 6.96. The molecule has 4 heterocycles. The van der Waals surface area contributed by atoms with Crippen LogP contribution in [0.1, 0.15) is 18.3 Å². The summed E-state index contributed by atoms with van der Waals surface area (Å²) >= 11 is 1.64. The van der Waals surface area contributed by atoms with Gasteiger partial charge in [0.05, 0.1) is 17.9 Å². The molecule has 1 N–H and O–H groups in total. The number of nitrogens with one attached hydrogen (secondary N) is 1. The lowest BCUT2D eigenvalue weighted by atomic mass is 10.3. The van der Waals surface area contributed by atoms with Crippen molar-refractivity contribution in [1.82, 2.24) is 29.7 Å². The summed E-state index contributed by atoms with van der Waals surface area (Å²) in [6.07, 6.45) is 5.70. The lowest BCUT2D eigenvalue weighted by molar-refractivity contribution is 0.169. The number of fused-ring (bicyclic) bond motifs is 1. The summed E-state index contributed by atoms with van der Waals surface area (Å²) in [5.41, 5.74) is 1.98. The van der Waals surface area contributed by atoms with Gasteiger partial charge in [0, 0.05) is 63.1 Å². The molecule has 0 aromatic carbocycles. The normalized spacial score (nSPS) is 16.5. The number of guanidine groups is 1. The van der Waals surface area contributed by atoms with Gasteiger partial charge in [-0.05, 0) is 6.92 Å². The Labute approximate surface area is 156 Å². The van der Waals surface area contributed by atoms with E-state index in [1.54, 1.807) is 17.6 Å². The van der Waals surface area contributed by atoms with Crippen LogP contribution >= 0.6 is 11.3 Å². The molecule has 0 aliphatic carbocycles. The predicted octanol–water partition coefficient (Wildman–Crippen LogP) is 1.67. The van der Waals surface area contributed by atoms with Gasteiger partial charge in [-0.1, -0.05) is 5.16 Å². The van der Waals surface area contributed by atoms with E-state index in [0.29, 0.717) is 6.54 Å². The average Bonchev–Trinajstić information content (AvgIpc) is 3.37. The van der Waals surface area contributed by atoms with E-state index in [4.69, 9.17) is 9.52 Å². The van der Waals surface area contributed by atoms with Gasteiger partial charge < -0.3 is 14.7 Å². The fraction of sp³-hybridized carbons (Fsp3) is 0.471. The third kappa shape index (κ3) is 3.88. The molecule has 0 saturated carbocycles. The Bertz CT molecular complexity index is 817. The van der Waals surface area contributed by atoms with E-state index in [1.165, 1.54) is 0 Å². The van der Waals surface area contributed by atoms with E-state index in [2.05, 4.69) is 38.4 Å². The van der Waals surface area contributed by atoms with E-state index in [9.17, 15) is 0 Å². The van der Waals surface area contributed by atoms with Crippen LogP contribution in [0.25, 0.3) is 4.96 Å². The molecule has 1 saturated heterocycles. The van der Waals surface area contributed by atoms with Crippen molar-refractivity contribution in [2.24, 2.45) is 4.99 Å².